The SMILES string of the molecule is CCOC(=O)CN(N=Cc1ccco1)C(N)=O. The molecule has 7 heteroatoms. The van der Waals surface area contributed by atoms with Crippen LogP contribution in [0, 0.1) is 0 Å². The fourth-order valence-corrected chi connectivity index (χ4v) is 0.996. The van der Waals surface area contributed by atoms with E-state index in [9.17, 15) is 9.59 Å². The zero-order valence-electron chi connectivity index (χ0n) is 9.33. The van der Waals surface area contributed by atoms with E-state index < -0.39 is 12.0 Å². The van der Waals surface area contributed by atoms with Crippen LogP contribution in [0.3, 0.4) is 0 Å². The van der Waals surface area contributed by atoms with Crippen molar-refractivity contribution in [2.45, 2.75) is 6.92 Å². The van der Waals surface area contributed by atoms with Gasteiger partial charge in [0, 0.05) is 0 Å². The number of furan rings is 1. The van der Waals surface area contributed by atoms with Crippen LogP contribution in [-0.4, -0.2) is 36.4 Å². The molecule has 92 valence electrons. The molecule has 0 aromatic carbocycles. The molecule has 2 N–H and O–H groups in total. The third kappa shape index (κ3) is 4.37. The summed E-state index contributed by atoms with van der Waals surface area (Å²) in [7, 11) is 0. The van der Waals surface area contributed by atoms with E-state index in [0.717, 1.165) is 5.01 Å². The molecule has 0 bridgehead atoms. The molecule has 1 rings (SSSR count). The molecule has 17 heavy (non-hydrogen) atoms. The van der Waals surface area contributed by atoms with Gasteiger partial charge in [-0.3, -0.25) is 4.79 Å². The van der Waals surface area contributed by atoms with Gasteiger partial charge in [-0.2, -0.15) is 5.10 Å². The summed E-state index contributed by atoms with van der Waals surface area (Å²) in [6.07, 6.45) is 2.74. The molecule has 0 aliphatic heterocycles. The van der Waals surface area contributed by atoms with Gasteiger partial charge in [0.1, 0.15) is 12.3 Å². The lowest BCUT2D eigenvalue weighted by Gasteiger charge is -2.12. The Morgan fingerprint density at radius 1 is 1.65 bits per heavy atom. The number of nitrogens with two attached hydrogens (primary N) is 1. The Morgan fingerprint density at radius 3 is 2.94 bits per heavy atom. The van der Waals surface area contributed by atoms with Gasteiger partial charge in [0.15, 0.2) is 0 Å². The first-order valence-electron chi connectivity index (χ1n) is 4.93. The smallest absolute Gasteiger partial charge is 0.335 e. The first kappa shape index (κ1) is 12.8. The third-order valence-corrected chi connectivity index (χ3v) is 1.71. The van der Waals surface area contributed by atoms with Crippen LogP contribution in [0.2, 0.25) is 0 Å². The molecule has 0 saturated carbocycles. The number of urea groups is 1. The first-order valence-corrected chi connectivity index (χ1v) is 4.93. The van der Waals surface area contributed by atoms with Crippen LogP contribution in [0.1, 0.15) is 12.7 Å². The van der Waals surface area contributed by atoms with Crippen molar-refractivity contribution in [2.75, 3.05) is 13.2 Å². The van der Waals surface area contributed by atoms with Crippen LogP contribution in [0.5, 0.6) is 0 Å². The second-order valence-corrected chi connectivity index (χ2v) is 2.96. The topological polar surface area (TPSA) is 98.1 Å². The summed E-state index contributed by atoms with van der Waals surface area (Å²) >= 11 is 0. The van der Waals surface area contributed by atoms with E-state index in [4.69, 9.17) is 10.2 Å². The van der Waals surface area contributed by atoms with Crippen molar-refractivity contribution in [3.8, 4) is 0 Å². The largest absolute Gasteiger partial charge is 0.465 e. The summed E-state index contributed by atoms with van der Waals surface area (Å²) in [5.74, 6) is -0.136. The fraction of sp³-hybridized carbons (Fsp3) is 0.300. The highest BCUT2D eigenvalue weighted by Gasteiger charge is 2.13. The molecule has 7 nitrogen and oxygen atoms in total. The lowest BCUT2D eigenvalue weighted by Crippen LogP contribution is -2.36. The standard InChI is InChI=1S/C10H13N3O4/c1-2-16-9(14)7-13(10(11)15)12-6-8-4-3-5-17-8/h3-6H,2,7H2,1H3,(H2,11,15). The Labute approximate surface area is 97.8 Å². The van der Waals surface area contributed by atoms with Gasteiger partial charge in [-0.15, -0.1) is 0 Å². The van der Waals surface area contributed by atoms with Crippen molar-refractivity contribution in [1.82, 2.24) is 5.01 Å². The normalized spacial score (nSPS) is 10.4. The van der Waals surface area contributed by atoms with Gasteiger partial charge in [0.05, 0.1) is 19.1 Å². The number of rotatable bonds is 5. The van der Waals surface area contributed by atoms with Crippen molar-refractivity contribution in [3.05, 3.63) is 24.2 Å². The maximum Gasteiger partial charge on any atom is 0.335 e. The van der Waals surface area contributed by atoms with Crippen molar-refractivity contribution < 1.29 is 18.7 Å². The summed E-state index contributed by atoms with van der Waals surface area (Å²) in [5, 5.41) is 4.52. The van der Waals surface area contributed by atoms with E-state index >= 15 is 0 Å². The highest BCUT2D eigenvalue weighted by molar-refractivity contribution is 5.82. The van der Waals surface area contributed by atoms with Crippen molar-refractivity contribution in [2.24, 2.45) is 10.8 Å². The molecule has 0 unspecified atom stereocenters. The number of amides is 2. The second-order valence-electron chi connectivity index (χ2n) is 2.96. The van der Waals surface area contributed by atoms with Crippen LogP contribution in [0.15, 0.2) is 27.9 Å². The fourth-order valence-electron chi connectivity index (χ4n) is 0.996. The molecule has 1 heterocycles. The van der Waals surface area contributed by atoms with Crippen LogP contribution in [0.4, 0.5) is 4.79 Å². The van der Waals surface area contributed by atoms with Crippen LogP contribution < -0.4 is 5.73 Å². The highest BCUT2D eigenvalue weighted by Crippen LogP contribution is 1.97. The van der Waals surface area contributed by atoms with E-state index in [-0.39, 0.29) is 13.2 Å². The van der Waals surface area contributed by atoms with Crippen molar-refractivity contribution in [1.29, 1.82) is 0 Å². The minimum atomic E-state index is -0.846. The molecule has 0 atom stereocenters. The lowest BCUT2D eigenvalue weighted by molar-refractivity contribution is -0.143. The maximum atomic E-state index is 11.2. The molecule has 0 fully saturated rings. The van der Waals surface area contributed by atoms with Crippen molar-refractivity contribution >= 4 is 18.2 Å². The van der Waals surface area contributed by atoms with E-state index in [1.165, 1.54) is 12.5 Å². The average molecular weight is 239 g/mol. The second kappa shape index (κ2) is 6.31. The van der Waals surface area contributed by atoms with Gasteiger partial charge in [-0.1, -0.05) is 0 Å². The van der Waals surface area contributed by atoms with E-state index in [1.54, 1.807) is 19.1 Å². The predicted octanol–water partition coefficient (Wildman–Crippen LogP) is 0.557. The molecule has 1 aromatic rings. The Bertz CT molecular complexity index is 400. The number of hydrogen-bond donors (Lipinski definition) is 1. The molecular weight excluding hydrogens is 226 g/mol. The van der Waals surface area contributed by atoms with Gasteiger partial charge >= 0.3 is 12.0 Å². The van der Waals surface area contributed by atoms with Gasteiger partial charge < -0.3 is 14.9 Å². The monoisotopic (exact) mass is 239 g/mol. The Kier molecular flexibility index (Phi) is 4.74. The minimum Gasteiger partial charge on any atom is -0.465 e. The van der Waals surface area contributed by atoms with E-state index in [2.05, 4.69) is 9.84 Å². The molecule has 0 spiro atoms. The minimum absolute atomic E-state index is 0.229. The summed E-state index contributed by atoms with van der Waals surface area (Å²) in [5.41, 5.74) is 5.06. The molecule has 1 aromatic heterocycles. The molecular formula is C10H13N3O4. The summed E-state index contributed by atoms with van der Waals surface area (Å²) in [6, 6.07) is 2.47. The summed E-state index contributed by atoms with van der Waals surface area (Å²) < 4.78 is 9.65. The number of nitrogens with zero attached hydrogens (tertiary/aromatic N) is 2. The Morgan fingerprint density at radius 2 is 2.41 bits per heavy atom. The molecule has 0 radical (unpaired) electrons. The zero-order chi connectivity index (χ0) is 12.7. The van der Waals surface area contributed by atoms with Crippen LogP contribution in [0.25, 0.3) is 0 Å². The average Bonchev–Trinajstić information content (AvgIpc) is 2.77. The first-order chi connectivity index (χ1) is 8.13. The number of esters is 1. The Hall–Kier alpha value is -2.31. The van der Waals surface area contributed by atoms with E-state index in [0.29, 0.717) is 5.76 Å². The molecule has 0 aliphatic carbocycles. The van der Waals surface area contributed by atoms with Gasteiger partial charge in [0.25, 0.3) is 0 Å². The number of primary amides is 1. The Balaban J connectivity index is 2.60. The number of ether oxygens (including phenoxy) is 1. The zero-order valence-corrected chi connectivity index (χ0v) is 9.33. The number of carbonyl (C=O) groups is 2. The maximum absolute atomic E-state index is 11.2. The third-order valence-electron chi connectivity index (χ3n) is 1.71. The summed E-state index contributed by atoms with van der Waals surface area (Å²) in [4.78, 5) is 22.1. The van der Waals surface area contributed by atoms with Gasteiger partial charge in [0.2, 0.25) is 0 Å². The molecule has 2 amide bonds. The van der Waals surface area contributed by atoms with Gasteiger partial charge in [-0.25, -0.2) is 9.80 Å². The highest BCUT2D eigenvalue weighted by atomic mass is 16.5. The molecule has 0 aliphatic rings. The van der Waals surface area contributed by atoms with Crippen LogP contribution in [-0.2, 0) is 9.53 Å². The molecule has 0 saturated heterocycles. The number of carbonyl (C=O) groups excluding carboxylic acids is 2. The van der Waals surface area contributed by atoms with Crippen LogP contribution >= 0.6 is 0 Å². The van der Waals surface area contributed by atoms with Crippen molar-refractivity contribution in [3.63, 3.8) is 0 Å². The predicted molar refractivity (Wildman–Crippen MR) is 59.2 cm³/mol. The van der Waals surface area contributed by atoms with E-state index in [1.807, 2.05) is 0 Å². The lowest BCUT2D eigenvalue weighted by atomic mass is 10.5. The van der Waals surface area contributed by atoms with Gasteiger partial charge in [-0.05, 0) is 19.1 Å². The number of hydrazone groups is 1. The quantitative estimate of drug-likeness (QED) is 0.461. The number of hydrogen-bond acceptors (Lipinski definition) is 5. The summed E-state index contributed by atoms with van der Waals surface area (Å²) in [6.45, 7) is 1.56.